The van der Waals surface area contributed by atoms with Crippen molar-refractivity contribution in [3.8, 4) is 5.75 Å². The van der Waals surface area contributed by atoms with E-state index in [1.54, 1.807) is 18.2 Å². The van der Waals surface area contributed by atoms with Crippen molar-refractivity contribution in [2.75, 3.05) is 0 Å². The molecular formula is C20H21ClN2O3. The zero-order chi connectivity index (χ0) is 18.6. The van der Waals surface area contributed by atoms with Gasteiger partial charge in [0.05, 0.1) is 18.1 Å². The molecule has 6 heteroatoms. The van der Waals surface area contributed by atoms with Crippen LogP contribution in [-0.4, -0.2) is 28.6 Å². The van der Waals surface area contributed by atoms with Crippen LogP contribution in [0.2, 0.25) is 5.02 Å². The lowest BCUT2D eigenvalue weighted by atomic mass is 9.85. The van der Waals surface area contributed by atoms with Gasteiger partial charge >= 0.3 is 0 Å². The van der Waals surface area contributed by atoms with Crippen LogP contribution in [0, 0.1) is 23.7 Å². The van der Waals surface area contributed by atoms with Gasteiger partial charge in [-0.25, -0.2) is 0 Å². The lowest BCUT2D eigenvalue weighted by Gasteiger charge is -2.22. The van der Waals surface area contributed by atoms with Gasteiger partial charge in [0.25, 0.3) is 11.8 Å². The third kappa shape index (κ3) is 2.84. The molecule has 0 aromatic heterocycles. The van der Waals surface area contributed by atoms with Gasteiger partial charge in [-0.1, -0.05) is 23.8 Å². The summed E-state index contributed by atoms with van der Waals surface area (Å²) in [4.78, 5) is 25.4. The summed E-state index contributed by atoms with van der Waals surface area (Å²) in [6, 6.07) is 5.21. The molecule has 2 bridgehead atoms. The average Bonchev–Trinajstić information content (AvgIpc) is 3.22. The second-order valence-corrected chi connectivity index (χ2v) is 8.57. The number of nitrogens with zero attached hydrogens (tertiary/aromatic N) is 2. The number of imide groups is 1. The molecule has 2 fully saturated rings. The van der Waals surface area contributed by atoms with E-state index >= 15 is 0 Å². The number of hydrazone groups is 1. The number of rotatable bonds is 3. The Labute approximate surface area is 157 Å². The Kier molecular flexibility index (Phi) is 3.95. The molecule has 0 spiro atoms. The summed E-state index contributed by atoms with van der Waals surface area (Å²) in [5.41, 5.74) is 0.239. The fourth-order valence-corrected chi connectivity index (χ4v) is 4.34. The quantitative estimate of drug-likeness (QED) is 0.462. The van der Waals surface area contributed by atoms with Crippen LogP contribution in [0.3, 0.4) is 0 Å². The molecule has 1 heterocycles. The third-order valence-electron chi connectivity index (χ3n) is 5.15. The molecule has 1 saturated carbocycles. The summed E-state index contributed by atoms with van der Waals surface area (Å²) in [5, 5.41) is 5.77. The zero-order valence-electron chi connectivity index (χ0n) is 15.0. The Hall–Kier alpha value is -2.14. The van der Waals surface area contributed by atoms with Gasteiger partial charge in [0, 0.05) is 10.6 Å². The maximum absolute atomic E-state index is 12.7. The summed E-state index contributed by atoms with van der Waals surface area (Å²) < 4.78 is 5.93. The standard InChI is InChI=1S/C20H21ClN2O3/c1-20(2,3)26-15-7-6-14(21)9-13(15)10-22-23-18(24)16-11-4-5-12(8-11)17(16)19(23)25/h4-7,9-12,16-17H,8H2,1-3H3. The highest BCUT2D eigenvalue weighted by atomic mass is 35.5. The first-order chi connectivity index (χ1) is 12.2. The van der Waals surface area contributed by atoms with Crippen LogP contribution in [0.1, 0.15) is 32.8 Å². The molecule has 4 rings (SSSR count). The van der Waals surface area contributed by atoms with Crippen molar-refractivity contribution in [1.82, 2.24) is 5.01 Å². The fraction of sp³-hybridized carbons (Fsp3) is 0.450. The Bertz CT molecular complexity index is 810. The van der Waals surface area contributed by atoms with Gasteiger partial charge in [-0.05, 0) is 57.2 Å². The SMILES string of the molecule is CC(C)(C)Oc1ccc(Cl)cc1C=NN1C(=O)C2C3C=CC(C3)C2C1=O. The van der Waals surface area contributed by atoms with Crippen LogP contribution < -0.4 is 4.74 Å². The molecule has 26 heavy (non-hydrogen) atoms. The van der Waals surface area contributed by atoms with Crippen LogP contribution in [0.4, 0.5) is 0 Å². The minimum atomic E-state index is -0.391. The van der Waals surface area contributed by atoms with Crippen LogP contribution in [-0.2, 0) is 9.59 Å². The van der Waals surface area contributed by atoms with Crippen LogP contribution >= 0.6 is 11.6 Å². The fourth-order valence-electron chi connectivity index (χ4n) is 4.16. The normalized spacial score (nSPS) is 29.9. The highest BCUT2D eigenvalue weighted by molar-refractivity contribution is 6.31. The van der Waals surface area contributed by atoms with E-state index < -0.39 is 5.60 Å². The first-order valence-electron chi connectivity index (χ1n) is 8.83. The third-order valence-corrected chi connectivity index (χ3v) is 5.38. The molecule has 1 saturated heterocycles. The molecule has 4 unspecified atom stereocenters. The summed E-state index contributed by atoms with van der Waals surface area (Å²) in [5.74, 6) is 0.0485. The Morgan fingerprint density at radius 2 is 1.77 bits per heavy atom. The molecule has 2 amide bonds. The van der Waals surface area contributed by atoms with E-state index in [2.05, 4.69) is 17.3 Å². The van der Waals surface area contributed by atoms with Crippen molar-refractivity contribution in [2.45, 2.75) is 32.8 Å². The molecule has 0 radical (unpaired) electrons. The van der Waals surface area contributed by atoms with Crippen LogP contribution in [0.25, 0.3) is 0 Å². The van der Waals surface area contributed by atoms with E-state index in [-0.39, 0.29) is 35.5 Å². The largest absolute Gasteiger partial charge is 0.487 e. The smallest absolute Gasteiger partial charge is 0.254 e. The number of carbonyl (C=O) groups excluding carboxylic acids is 2. The lowest BCUT2D eigenvalue weighted by Crippen LogP contribution is -2.28. The monoisotopic (exact) mass is 372 g/mol. The Morgan fingerprint density at radius 1 is 1.15 bits per heavy atom. The van der Waals surface area contributed by atoms with Crippen molar-refractivity contribution < 1.29 is 14.3 Å². The molecule has 1 aromatic rings. The predicted octanol–water partition coefficient (Wildman–Crippen LogP) is 3.66. The number of halogens is 1. The number of allylic oxidation sites excluding steroid dienone is 2. The van der Waals surface area contributed by atoms with Gasteiger partial charge in [0.2, 0.25) is 0 Å². The maximum atomic E-state index is 12.7. The number of hydrogen-bond acceptors (Lipinski definition) is 4. The van der Waals surface area contributed by atoms with E-state index in [4.69, 9.17) is 16.3 Å². The van der Waals surface area contributed by atoms with E-state index in [9.17, 15) is 9.59 Å². The van der Waals surface area contributed by atoms with Gasteiger partial charge in [-0.3, -0.25) is 9.59 Å². The van der Waals surface area contributed by atoms with E-state index in [0.29, 0.717) is 16.3 Å². The van der Waals surface area contributed by atoms with Crippen molar-refractivity contribution in [3.63, 3.8) is 0 Å². The summed E-state index contributed by atoms with van der Waals surface area (Å²) >= 11 is 6.09. The summed E-state index contributed by atoms with van der Waals surface area (Å²) in [7, 11) is 0. The number of fused-ring (bicyclic) bond motifs is 5. The Balaban J connectivity index is 1.60. The van der Waals surface area contributed by atoms with E-state index in [1.807, 2.05) is 20.8 Å². The zero-order valence-corrected chi connectivity index (χ0v) is 15.7. The second-order valence-electron chi connectivity index (χ2n) is 8.13. The summed E-state index contributed by atoms with van der Waals surface area (Å²) in [6.45, 7) is 5.83. The van der Waals surface area contributed by atoms with Gasteiger partial charge < -0.3 is 4.74 Å². The molecule has 4 atom stereocenters. The number of amides is 2. The highest BCUT2D eigenvalue weighted by Crippen LogP contribution is 2.52. The molecule has 0 N–H and O–H groups in total. The average molecular weight is 373 g/mol. The number of carbonyl (C=O) groups is 2. The minimum Gasteiger partial charge on any atom is -0.487 e. The van der Waals surface area contributed by atoms with Crippen LogP contribution in [0.15, 0.2) is 35.5 Å². The molecule has 5 nitrogen and oxygen atoms in total. The second kappa shape index (κ2) is 5.95. The Morgan fingerprint density at radius 3 is 2.35 bits per heavy atom. The van der Waals surface area contributed by atoms with Crippen LogP contribution in [0.5, 0.6) is 5.75 Å². The molecular weight excluding hydrogens is 352 g/mol. The molecule has 1 aromatic carbocycles. The number of ether oxygens (including phenoxy) is 1. The highest BCUT2D eigenvalue weighted by Gasteiger charge is 2.59. The van der Waals surface area contributed by atoms with Crippen molar-refractivity contribution in [3.05, 3.63) is 40.9 Å². The minimum absolute atomic E-state index is 0.174. The summed E-state index contributed by atoms with van der Waals surface area (Å²) in [6.07, 6.45) is 6.52. The van der Waals surface area contributed by atoms with Crippen molar-refractivity contribution in [2.24, 2.45) is 28.8 Å². The molecule has 1 aliphatic heterocycles. The van der Waals surface area contributed by atoms with E-state index in [1.165, 1.54) is 6.21 Å². The number of hydrogen-bond donors (Lipinski definition) is 0. The predicted molar refractivity (Wildman–Crippen MR) is 99.0 cm³/mol. The van der Waals surface area contributed by atoms with Crippen molar-refractivity contribution in [1.29, 1.82) is 0 Å². The molecule has 136 valence electrons. The van der Waals surface area contributed by atoms with Gasteiger partial charge in [-0.2, -0.15) is 10.1 Å². The van der Waals surface area contributed by atoms with Gasteiger partial charge in [-0.15, -0.1) is 0 Å². The van der Waals surface area contributed by atoms with E-state index in [0.717, 1.165) is 11.4 Å². The molecule has 2 aliphatic carbocycles. The van der Waals surface area contributed by atoms with Crippen molar-refractivity contribution >= 4 is 29.6 Å². The topological polar surface area (TPSA) is 59.0 Å². The number of benzene rings is 1. The first kappa shape index (κ1) is 17.3. The van der Waals surface area contributed by atoms with Gasteiger partial charge in [0.15, 0.2) is 0 Å². The first-order valence-corrected chi connectivity index (χ1v) is 9.21. The van der Waals surface area contributed by atoms with Gasteiger partial charge in [0.1, 0.15) is 11.4 Å². The lowest BCUT2D eigenvalue weighted by molar-refractivity contribution is -0.140. The molecule has 3 aliphatic rings. The maximum Gasteiger partial charge on any atom is 0.254 e.